The molecule has 2 aromatic rings. The van der Waals surface area contributed by atoms with Gasteiger partial charge in [0.05, 0.1) is 5.02 Å². The van der Waals surface area contributed by atoms with Gasteiger partial charge in [0, 0.05) is 10.5 Å². The average Bonchev–Trinajstić information content (AvgIpc) is 2.48. The lowest BCUT2D eigenvalue weighted by atomic mass is 9.98. The SMILES string of the molecule is CCCNC(Cc1ccccc1F)c1cccc(Br)c1Cl. The Bertz CT molecular complexity index is 603. The molecule has 0 fully saturated rings. The maximum Gasteiger partial charge on any atom is 0.126 e. The van der Waals surface area contributed by atoms with Gasteiger partial charge in [-0.3, -0.25) is 0 Å². The summed E-state index contributed by atoms with van der Waals surface area (Å²) in [4.78, 5) is 0. The van der Waals surface area contributed by atoms with Crippen molar-refractivity contribution in [2.45, 2.75) is 25.8 Å². The first-order valence-electron chi connectivity index (χ1n) is 7.04. The molecule has 0 saturated heterocycles. The number of halogens is 3. The van der Waals surface area contributed by atoms with Crippen LogP contribution < -0.4 is 5.32 Å². The Morgan fingerprint density at radius 2 is 1.95 bits per heavy atom. The van der Waals surface area contributed by atoms with Crippen molar-refractivity contribution in [2.75, 3.05) is 6.54 Å². The van der Waals surface area contributed by atoms with Crippen LogP contribution >= 0.6 is 27.5 Å². The van der Waals surface area contributed by atoms with E-state index >= 15 is 0 Å². The van der Waals surface area contributed by atoms with E-state index in [4.69, 9.17) is 11.6 Å². The third-order valence-corrected chi connectivity index (χ3v) is 4.69. The van der Waals surface area contributed by atoms with Crippen LogP contribution in [0.3, 0.4) is 0 Å². The summed E-state index contributed by atoms with van der Waals surface area (Å²) in [6, 6.07) is 12.7. The molecule has 0 aromatic heterocycles. The van der Waals surface area contributed by atoms with Crippen LogP contribution in [0.1, 0.15) is 30.5 Å². The minimum absolute atomic E-state index is 0.00755. The smallest absolute Gasteiger partial charge is 0.126 e. The van der Waals surface area contributed by atoms with Crippen LogP contribution in [-0.4, -0.2) is 6.54 Å². The van der Waals surface area contributed by atoms with Crippen LogP contribution in [-0.2, 0) is 6.42 Å². The van der Waals surface area contributed by atoms with Crippen LogP contribution in [0.2, 0.25) is 5.02 Å². The van der Waals surface area contributed by atoms with Crippen molar-refractivity contribution in [3.05, 3.63) is 68.9 Å². The molecule has 0 spiro atoms. The van der Waals surface area contributed by atoms with E-state index in [0.29, 0.717) is 17.0 Å². The van der Waals surface area contributed by atoms with E-state index in [9.17, 15) is 4.39 Å². The third-order valence-electron chi connectivity index (χ3n) is 3.38. The van der Waals surface area contributed by atoms with E-state index in [1.54, 1.807) is 6.07 Å². The van der Waals surface area contributed by atoms with E-state index in [-0.39, 0.29) is 11.9 Å². The van der Waals surface area contributed by atoms with Gasteiger partial charge in [-0.25, -0.2) is 4.39 Å². The molecular weight excluding hydrogens is 353 g/mol. The first-order chi connectivity index (χ1) is 10.1. The zero-order chi connectivity index (χ0) is 15.2. The molecule has 2 rings (SSSR count). The van der Waals surface area contributed by atoms with Crippen molar-refractivity contribution < 1.29 is 4.39 Å². The van der Waals surface area contributed by atoms with Gasteiger partial charge in [-0.2, -0.15) is 0 Å². The lowest BCUT2D eigenvalue weighted by Gasteiger charge is -2.21. The van der Waals surface area contributed by atoms with Crippen molar-refractivity contribution in [2.24, 2.45) is 0 Å². The molecule has 1 unspecified atom stereocenters. The molecule has 1 N–H and O–H groups in total. The number of benzene rings is 2. The molecule has 2 aromatic carbocycles. The zero-order valence-electron chi connectivity index (χ0n) is 11.9. The van der Waals surface area contributed by atoms with Gasteiger partial charge < -0.3 is 5.32 Å². The van der Waals surface area contributed by atoms with Gasteiger partial charge in [-0.1, -0.05) is 48.9 Å². The Kier molecular flexibility index (Phi) is 6.22. The Labute approximate surface area is 138 Å². The maximum atomic E-state index is 13.9. The second-order valence-electron chi connectivity index (χ2n) is 4.95. The van der Waals surface area contributed by atoms with Crippen LogP contribution in [0, 0.1) is 5.82 Å². The van der Waals surface area contributed by atoms with Gasteiger partial charge in [-0.15, -0.1) is 0 Å². The van der Waals surface area contributed by atoms with Crippen LogP contribution in [0.15, 0.2) is 46.9 Å². The highest BCUT2D eigenvalue weighted by Gasteiger charge is 2.17. The minimum Gasteiger partial charge on any atom is -0.310 e. The van der Waals surface area contributed by atoms with E-state index in [1.165, 1.54) is 6.07 Å². The Morgan fingerprint density at radius 3 is 2.67 bits per heavy atom. The van der Waals surface area contributed by atoms with Gasteiger partial charge in [0.1, 0.15) is 5.82 Å². The predicted octanol–water partition coefficient (Wildman–Crippen LogP) is 5.53. The van der Waals surface area contributed by atoms with Crippen LogP contribution in [0.25, 0.3) is 0 Å². The second-order valence-corrected chi connectivity index (χ2v) is 6.18. The Balaban J connectivity index is 2.30. The number of hydrogen-bond donors (Lipinski definition) is 1. The summed E-state index contributed by atoms with van der Waals surface area (Å²) in [5.74, 6) is -0.174. The number of hydrogen-bond acceptors (Lipinski definition) is 1. The highest BCUT2D eigenvalue weighted by molar-refractivity contribution is 9.10. The first kappa shape index (κ1) is 16.5. The Morgan fingerprint density at radius 1 is 1.19 bits per heavy atom. The monoisotopic (exact) mass is 369 g/mol. The largest absolute Gasteiger partial charge is 0.310 e. The summed E-state index contributed by atoms with van der Waals surface area (Å²) in [7, 11) is 0. The standard InChI is InChI=1S/C17H18BrClFN/c1-2-10-21-16(11-12-6-3-4-9-15(12)20)13-7-5-8-14(18)17(13)19/h3-9,16,21H,2,10-11H2,1H3. The molecule has 0 saturated carbocycles. The van der Waals surface area contributed by atoms with E-state index in [1.807, 2.05) is 30.3 Å². The highest BCUT2D eigenvalue weighted by atomic mass is 79.9. The van der Waals surface area contributed by atoms with Crippen molar-refractivity contribution >= 4 is 27.5 Å². The fourth-order valence-corrected chi connectivity index (χ4v) is 2.92. The summed E-state index contributed by atoms with van der Waals surface area (Å²) in [6.07, 6.45) is 1.59. The van der Waals surface area contributed by atoms with Crippen LogP contribution in [0.4, 0.5) is 4.39 Å². The van der Waals surface area contributed by atoms with Gasteiger partial charge in [0.2, 0.25) is 0 Å². The van der Waals surface area contributed by atoms with Crippen molar-refractivity contribution in [3.8, 4) is 0 Å². The normalized spacial score (nSPS) is 12.4. The predicted molar refractivity (Wildman–Crippen MR) is 90.3 cm³/mol. The molecule has 112 valence electrons. The summed E-state index contributed by atoms with van der Waals surface area (Å²) < 4.78 is 14.8. The highest BCUT2D eigenvalue weighted by Crippen LogP contribution is 2.32. The van der Waals surface area contributed by atoms with Gasteiger partial charge in [0.15, 0.2) is 0 Å². The molecule has 0 aliphatic heterocycles. The summed E-state index contributed by atoms with van der Waals surface area (Å²) in [5, 5.41) is 4.14. The quantitative estimate of drug-likeness (QED) is 0.705. The maximum absolute atomic E-state index is 13.9. The summed E-state index contributed by atoms with van der Waals surface area (Å²) in [5.41, 5.74) is 1.69. The number of rotatable bonds is 6. The van der Waals surface area contributed by atoms with E-state index in [2.05, 4.69) is 28.2 Å². The van der Waals surface area contributed by atoms with E-state index < -0.39 is 0 Å². The van der Waals surface area contributed by atoms with Gasteiger partial charge in [-0.05, 0) is 58.6 Å². The van der Waals surface area contributed by atoms with Crippen LogP contribution in [0.5, 0.6) is 0 Å². The average molecular weight is 371 g/mol. The van der Waals surface area contributed by atoms with Crippen molar-refractivity contribution in [1.29, 1.82) is 0 Å². The lowest BCUT2D eigenvalue weighted by Crippen LogP contribution is -2.24. The summed E-state index contributed by atoms with van der Waals surface area (Å²) in [6.45, 7) is 2.97. The molecular formula is C17H18BrClFN. The number of nitrogens with one attached hydrogen (secondary N) is 1. The second kappa shape index (κ2) is 7.92. The molecule has 0 radical (unpaired) electrons. The molecule has 0 heterocycles. The Hall–Kier alpha value is -0.900. The fourth-order valence-electron chi connectivity index (χ4n) is 2.28. The fraction of sp³-hybridized carbons (Fsp3) is 0.294. The zero-order valence-corrected chi connectivity index (χ0v) is 14.2. The molecule has 1 atom stereocenters. The third kappa shape index (κ3) is 4.29. The molecule has 1 nitrogen and oxygen atoms in total. The van der Waals surface area contributed by atoms with Crippen molar-refractivity contribution in [3.63, 3.8) is 0 Å². The molecule has 4 heteroatoms. The van der Waals surface area contributed by atoms with Gasteiger partial charge in [0.25, 0.3) is 0 Å². The topological polar surface area (TPSA) is 12.0 Å². The molecule has 21 heavy (non-hydrogen) atoms. The minimum atomic E-state index is -0.174. The first-order valence-corrected chi connectivity index (χ1v) is 8.21. The molecule has 0 aliphatic rings. The van der Waals surface area contributed by atoms with E-state index in [0.717, 1.165) is 23.0 Å². The molecule has 0 aliphatic carbocycles. The molecule has 0 bridgehead atoms. The van der Waals surface area contributed by atoms with Crippen molar-refractivity contribution in [1.82, 2.24) is 5.32 Å². The lowest BCUT2D eigenvalue weighted by molar-refractivity contribution is 0.513. The molecule has 0 amide bonds. The summed E-state index contributed by atoms with van der Waals surface area (Å²) >= 11 is 9.84. The van der Waals surface area contributed by atoms with Gasteiger partial charge >= 0.3 is 0 Å².